The molecule has 0 saturated heterocycles. The van der Waals surface area contributed by atoms with Crippen LogP contribution in [-0.2, 0) is 28.6 Å². The second kappa shape index (κ2) is 56.4. The van der Waals surface area contributed by atoms with Gasteiger partial charge >= 0.3 is 17.9 Å². The maximum Gasteiger partial charge on any atom is 0.306 e. The molecule has 0 aromatic carbocycles. The zero-order chi connectivity index (χ0) is 49.3. The number of hydrogen-bond donors (Lipinski definition) is 0. The smallest absolute Gasteiger partial charge is 0.306 e. The molecular weight excluding hydrogens is 841 g/mol. The summed E-state index contributed by atoms with van der Waals surface area (Å²) in [6.45, 7) is 6.51. The van der Waals surface area contributed by atoms with Crippen molar-refractivity contribution in [2.45, 2.75) is 290 Å². The highest BCUT2D eigenvalue weighted by atomic mass is 16.6. The first-order valence-electron chi connectivity index (χ1n) is 28.9. The van der Waals surface area contributed by atoms with Gasteiger partial charge in [-0.15, -0.1) is 0 Å². The Kier molecular flexibility index (Phi) is 53.8. The third kappa shape index (κ3) is 53.8. The molecule has 392 valence electrons. The number of allylic oxidation sites excluding steroid dienone is 12. The number of unbranched alkanes of at least 4 members (excludes halogenated alkanes) is 29. The van der Waals surface area contributed by atoms with Crippen molar-refractivity contribution < 1.29 is 28.6 Å². The van der Waals surface area contributed by atoms with Crippen molar-refractivity contribution in [3.8, 4) is 0 Å². The van der Waals surface area contributed by atoms with E-state index in [9.17, 15) is 14.4 Å². The van der Waals surface area contributed by atoms with Gasteiger partial charge in [-0.2, -0.15) is 0 Å². The van der Waals surface area contributed by atoms with Crippen LogP contribution < -0.4 is 0 Å². The molecule has 0 N–H and O–H groups in total. The molecule has 0 amide bonds. The number of ether oxygens (including phenoxy) is 3. The summed E-state index contributed by atoms with van der Waals surface area (Å²) in [6.07, 6.45) is 71.7. The molecular formula is C62H108O6. The van der Waals surface area contributed by atoms with E-state index in [2.05, 4.69) is 93.7 Å². The standard InChI is InChI=1S/C62H108O6/c1-4-7-10-13-16-19-22-25-28-30-31-32-35-37-40-43-46-49-52-55-61(64)67-58-59(57-66-60(63)54-51-48-45-42-39-36-33-27-24-21-18-15-12-9-6-3)68-62(65)56-53-50-47-44-41-38-34-29-26-23-20-17-14-11-8-5-2/h7,10,16,19,25,27-29,31-34,59H,4-6,8-9,11-15,17-18,20-24,26,30,35-58H2,1-3H3/b10-7-,19-16-,28-25-,32-31-,33-27-,34-29-. The van der Waals surface area contributed by atoms with Crippen LogP contribution in [0.3, 0.4) is 0 Å². The van der Waals surface area contributed by atoms with E-state index in [1.807, 2.05) is 0 Å². The fourth-order valence-corrected chi connectivity index (χ4v) is 8.07. The van der Waals surface area contributed by atoms with Crippen LogP contribution in [0.4, 0.5) is 0 Å². The first kappa shape index (κ1) is 64.8. The van der Waals surface area contributed by atoms with Crippen molar-refractivity contribution in [3.05, 3.63) is 72.9 Å². The Bertz CT molecular complexity index is 1270. The van der Waals surface area contributed by atoms with Crippen molar-refractivity contribution in [3.63, 3.8) is 0 Å². The van der Waals surface area contributed by atoms with Gasteiger partial charge in [0.1, 0.15) is 13.2 Å². The number of hydrogen-bond acceptors (Lipinski definition) is 6. The summed E-state index contributed by atoms with van der Waals surface area (Å²) >= 11 is 0. The molecule has 0 aliphatic carbocycles. The molecule has 0 rings (SSSR count). The highest BCUT2D eigenvalue weighted by molar-refractivity contribution is 5.71. The number of rotatable bonds is 52. The summed E-state index contributed by atoms with van der Waals surface area (Å²) in [4.78, 5) is 38.2. The monoisotopic (exact) mass is 949 g/mol. The summed E-state index contributed by atoms with van der Waals surface area (Å²) in [5.41, 5.74) is 0. The first-order chi connectivity index (χ1) is 33.5. The van der Waals surface area contributed by atoms with Crippen LogP contribution in [0.25, 0.3) is 0 Å². The molecule has 1 atom stereocenters. The SMILES string of the molecule is CC/C=C\C/C=C\C/C=C\C/C=C\CCCCCCCCC(=O)OCC(COC(=O)CCCCCCC/C=C\CCCCCCCC)OC(=O)CCCCCCC/C=C\CCCCCCCCC. The van der Waals surface area contributed by atoms with Crippen molar-refractivity contribution in [2.75, 3.05) is 13.2 Å². The van der Waals surface area contributed by atoms with Crippen LogP contribution in [0.5, 0.6) is 0 Å². The van der Waals surface area contributed by atoms with Crippen molar-refractivity contribution in [2.24, 2.45) is 0 Å². The molecule has 1 unspecified atom stereocenters. The minimum absolute atomic E-state index is 0.0870. The van der Waals surface area contributed by atoms with Crippen LogP contribution in [0, 0.1) is 0 Å². The van der Waals surface area contributed by atoms with Gasteiger partial charge in [0.25, 0.3) is 0 Å². The van der Waals surface area contributed by atoms with Gasteiger partial charge in [0.2, 0.25) is 0 Å². The predicted octanol–water partition coefficient (Wildman–Crippen LogP) is 19.4. The quantitative estimate of drug-likeness (QED) is 0.0262. The van der Waals surface area contributed by atoms with Crippen LogP contribution in [-0.4, -0.2) is 37.2 Å². The lowest BCUT2D eigenvalue weighted by atomic mass is 10.1. The van der Waals surface area contributed by atoms with E-state index in [-0.39, 0.29) is 31.1 Å². The largest absolute Gasteiger partial charge is 0.462 e. The van der Waals surface area contributed by atoms with Crippen LogP contribution in [0.15, 0.2) is 72.9 Å². The summed E-state index contributed by atoms with van der Waals surface area (Å²) in [5.74, 6) is -0.909. The van der Waals surface area contributed by atoms with E-state index >= 15 is 0 Å². The van der Waals surface area contributed by atoms with Gasteiger partial charge in [-0.25, -0.2) is 0 Å². The molecule has 68 heavy (non-hydrogen) atoms. The van der Waals surface area contributed by atoms with Gasteiger partial charge in [-0.1, -0.05) is 229 Å². The molecule has 0 aromatic rings. The van der Waals surface area contributed by atoms with E-state index in [1.54, 1.807) is 0 Å². The zero-order valence-electron chi connectivity index (χ0n) is 44.9. The average Bonchev–Trinajstić information content (AvgIpc) is 3.34. The van der Waals surface area contributed by atoms with Crippen molar-refractivity contribution in [1.29, 1.82) is 0 Å². The first-order valence-corrected chi connectivity index (χ1v) is 28.9. The van der Waals surface area contributed by atoms with E-state index in [1.165, 1.54) is 135 Å². The Balaban J connectivity index is 4.42. The van der Waals surface area contributed by atoms with Gasteiger partial charge in [0, 0.05) is 19.3 Å². The van der Waals surface area contributed by atoms with Crippen LogP contribution in [0.1, 0.15) is 284 Å². The number of esters is 3. The molecule has 6 nitrogen and oxygen atoms in total. The van der Waals surface area contributed by atoms with Gasteiger partial charge < -0.3 is 14.2 Å². The molecule has 0 radical (unpaired) electrons. The molecule has 6 heteroatoms. The molecule has 0 spiro atoms. The minimum atomic E-state index is -0.789. The molecule has 0 aliphatic heterocycles. The predicted molar refractivity (Wildman–Crippen MR) is 293 cm³/mol. The van der Waals surface area contributed by atoms with Gasteiger partial charge in [-0.05, 0) is 109 Å². The lowest BCUT2D eigenvalue weighted by Crippen LogP contribution is -2.30. The molecule has 0 aliphatic rings. The van der Waals surface area contributed by atoms with Crippen LogP contribution >= 0.6 is 0 Å². The second-order valence-corrected chi connectivity index (χ2v) is 19.2. The van der Waals surface area contributed by atoms with E-state index < -0.39 is 6.10 Å². The fourth-order valence-electron chi connectivity index (χ4n) is 8.07. The Morgan fingerprint density at radius 1 is 0.309 bits per heavy atom. The number of carbonyl (C=O) groups is 3. The lowest BCUT2D eigenvalue weighted by molar-refractivity contribution is -0.167. The van der Waals surface area contributed by atoms with Crippen molar-refractivity contribution >= 4 is 17.9 Å². The zero-order valence-corrected chi connectivity index (χ0v) is 44.9. The van der Waals surface area contributed by atoms with E-state index in [0.717, 1.165) is 109 Å². The third-order valence-corrected chi connectivity index (χ3v) is 12.4. The molecule has 0 heterocycles. The van der Waals surface area contributed by atoms with E-state index in [0.29, 0.717) is 19.3 Å². The summed E-state index contributed by atoms with van der Waals surface area (Å²) in [5, 5.41) is 0. The number of carbonyl (C=O) groups excluding carboxylic acids is 3. The normalized spacial score (nSPS) is 12.6. The molecule has 0 aromatic heterocycles. The van der Waals surface area contributed by atoms with E-state index in [4.69, 9.17) is 14.2 Å². The Labute approximate surface area is 421 Å². The van der Waals surface area contributed by atoms with Crippen LogP contribution in [0.2, 0.25) is 0 Å². The molecule has 0 fully saturated rings. The summed E-state index contributed by atoms with van der Waals surface area (Å²) in [7, 11) is 0. The highest BCUT2D eigenvalue weighted by Gasteiger charge is 2.19. The molecule has 0 saturated carbocycles. The van der Waals surface area contributed by atoms with Crippen molar-refractivity contribution in [1.82, 2.24) is 0 Å². The maximum atomic E-state index is 12.9. The topological polar surface area (TPSA) is 78.9 Å². The molecule has 0 bridgehead atoms. The second-order valence-electron chi connectivity index (χ2n) is 19.2. The lowest BCUT2D eigenvalue weighted by Gasteiger charge is -2.18. The van der Waals surface area contributed by atoms with Gasteiger partial charge in [0.05, 0.1) is 0 Å². The summed E-state index contributed by atoms with van der Waals surface area (Å²) < 4.78 is 16.9. The average molecular weight is 950 g/mol. The highest BCUT2D eigenvalue weighted by Crippen LogP contribution is 2.15. The minimum Gasteiger partial charge on any atom is -0.462 e. The maximum absolute atomic E-state index is 12.9. The Hall–Kier alpha value is -3.15. The fraction of sp³-hybridized carbons (Fsp3) is 0.758. The summed E-state index contributed by atoms with van der Waals surface area (Å²) in [6, 6.07) is 0. The van der Waals surface area contributed by atoms with Gasteiger partial charge in [0.15, 0.2) is 6.10 Å². The van der Waals surface area contributed by atoms with Gasteiger partial charge in [-0.3, -0.25) is 14.4 Å². The Morgan fingerprint density at radius 3 is 0.912 bits per heavy atom. The third-order valence-electron chi connectivity index (χ3n) is 12.4. The Morgan fingerprint density at radius 2 is 0.574 bits per heavy atom.